The fourth-order valence-corrected chi connectivity index (χ4v) is 2.28. The summed E-state index contributed by atoms with van der Waals surface area (Å²) in [7, 11) is 0. The number of hydrogen-bond acceptors (Lipinski definition) is 4. The molecular weight excluding hydrogens is 260 g/mol. The maximum Gasteiger partial charge on any atom is 0.310 e. The first-order valence-electron chi connectivity index (χ1n) is 6.24. The summed E-state index contributed by atoms with van der Waals surface area (Å²) < 4.78 is 5.63. The van der Waals surface area contributed by atoms with Crippen molar-refractivity contribution < 1.29 is 9.53 Å². The summed E-state index contributed by atoms with van der Waals surface area (Å²) >= 11 is 0. The molecule has 0 atom stereocenters. The zero-order valence-corrected chi connectivity index (χ0v) is 10.6. The monoisotopic (exact) mass is 272 g/mol. The van der Waals surface area contributed by atoms with Gasteiger partial charge in [0.05, 0.1) is 5.69 Å². The normalized spacial score (nSPS) is 13.3. The molecule has 2 N–H and O–H groups in total. The number of rotatable bonds is 3. The summed E-state index contributed by atoms with van der Waals surface area (Å²) in [6, 6.07) is 6.56. The van der Waals surface area contributed by atoms with Gasteiger partial charge in [-0.2, -0.15) is 0 Å². The number of hydrogen-bond donors (Lipinski definition) is 2. The molecule has 0 saturated heterocycles. The van der Waals surface area contributed by atoms with E-state index in [0.717, 1.165) is 5.56 Å². The van der Waals surface area contributed by atoms with Crippen molar-refractivity contribution in [2.24, 2.45) is 0 Å². The smallest absolute Gasteiger partial charge is 0.310 e. The summed E-state index contributed by atoms with van der Waals surface area (Å²) in [4.78, 5) is 33.8. The van der Waals surface area contributed by atoms with Crippen LogP contribution in [0, 0.1) is 0 Å². The van der Waals surface area contributed by atoms with Gasteiger partial charge in [-0.25, -0.2) is 0 Å². The van der Waals surface area contributed by atoms with Crippen LogP contribution < -0.4 is 15.7 Å². The molecule has 6 nitrogen and oxygen atoms in total. The Bertz CT molecular complexity index is 788. The zero-order chi connectivity index (χ0) is 14.1. The van der Waals surface area contributed by atoms with Gasteiger partial charge in [0, 0.05) is 23.6 Å². The van der Waals surface area contributed by atoms with E-state index in [2.05, 4.69) is 10.2 Å². The van der Waals surface area contributed by atoms with Crippen molar-refractivity contribution in [2.75, 3.05) is 0 Å². The lowest BCUT2D eigenvalue weighted by molar-refractivity contribution is 0.0994. The Labute approximate surface area is 113 Å². The minimum atomic E-state index is -0.694. The molecule has 0 spiro atoms. The van der Waals surface area contributed by atoms with Crippen molar-refractivity contribution in [1.29, 1.82) is 0 Å². The fourth-order valence-electron chi connectivity index (χ4n) is 2.28. The molecule has 0 fully saturated rings. The summed E-state index contributed by atoms with van der Waals surface area (Å²) in [6.45, 7) is 0.122. The average molecular weight is 272 g/mol. The first-order valence-corrected chi connectivity index (χ1v) is 6.24. The molecule has 0 unspecified atom stereocenters. The van der Waals surface area contributed by atoms with Gasteiger partial charge < -0.3 is 4.74 Å². The molecule has 0 radical (unpaired) electrons. The third kappa shape index (κ3) is 2.16. The van der Waals surface area contributed by atoms with Crippen LogP contribution in [-0.4, -0.2) is 16.0 Å². The van der Waals surface area contributed by atoms with Crippen molar-refractivity contribution in [1.82, 2.24) is 10.2 Å². The number of Topliss-reactive ketones (excluding diaryl/α,β-unsaturated/α-hetero) is 1. The predicted octanol–water partition coefficient (Wildman–Crippen LogP) is 0.771. The number of carbonyl (C=O) groups is 1. The van der Waals surface area contributed by atoms with E-state index in [0.29, 0.717) is 29.8 Å². The lowest BCUT2D eigenvalue weighted by Gasteiger charge is -2.09. The number of aromatic nitrogens is 2. The Hall–Kier alpha value is -2.63. The minimum Gasteiger partial charge on any atom is -0.487 e. The summed E-state index contributed by atoms with van der Waals surface area (Å²) in [5.74, 6) is 0.767. The van der Waals surface area contributed by atoms with Crippen LogP contribution in [0.15, 0.2) is 33.9 Å². The summed E-state index contributed by atoms with van der Waals surface area (Å²) in [5, 5.41) is 4.83. The second kappa shape index (κ2) is 4.80. The number of H-pyrrole nitrogens is 2. The molecule has 1 aliphatic carbocycles. The SMILES string of the molecule is O=C1CCc2c(OCc3cc(=O)c(=O)[nH][nH]3)cccc21. The molecule has 6 heteroatoms. The first kappa shape index (κ1) is 12.4. The van der Waals surface area contributed by atoms with Crippen molar-refractivity contribution in [3.05, 3.63) is 61.7 Å². The van der Waals surface area contributed by atoms with Crippen molar-refractivity contribution in [2.45, 2.75) is 19.4 Å². The van der Waals surface area contributed by atoms with Gasteiger partial charge in [0.2, 0.25) is 5.43 Å². The number of benzene rings is 1. The van der Waals surface area contributed by atoms with E-state index in [4.69, 9.17) is 4.74 Å². The quantitative estimate of drug-likeness (QED) is 0.807. The molecule has 0 saturated carbocycles. The third-order valence-electron chi connectivity index (χ3n) is 3.28. The summed E-state index contributed by atoms with van der Waals surface area (Å²) in [6.07, 6.45) is 1.18. The lowest BCUT2D eigenvalue weighted by Crippen LogP contribution is -2.28. The first-order chi connectivity index (χ1) is 9.65. The van der Waals surface area contributed by atoms with Crippen molar-refractivity contribution in [3.63, 3.8) is 0 Å². The Kier molecular flexibility index (Phi) is 2.98. The maximum atomic E-state index is 11.6. The van der Waals surface area contributed by atoms with Crippen LogP contribution in [0.3, 0.4) is 0 Å². The van der Waals surface area contributed by atoms with Gasteiger partial charge in [-0.3, -0.25) is 24.6 Å². The van der Waals surface area contributed by atoms with Gasteiger partial charge in [0.1, 0.15) is 12.4 Å². The molecule has 1 aromatic carbocycles. The van der Waals surface area contributed by atoms with Crippen LogP contribution in [0.5, 0.6) is 5.75 Å². The van der Waals surface area contributed by atoms with Crippen LogP contribution in [0.4, 0.5) is 0 Å². The van der Waals surface area contributed by atoms with Gasteiger partial charge in [-0.1, -0.05) is 12.1 Å². The fraction of sp³-hybridized carbons (Fsp3) is 0.214. The van der Waals surface area contributed by atoms with E-state index in [-0.39, 0.29) is 12.4 Å². The van der Waals surface area contributed by atoms with Crippen LogP contribution >= 0.6 is 0 Å². The molecule has 102 valence electrons. The Morgan fingerprint density at radius 1 is 1.10 bits per heavy atom. The number of nitrogens with one attached hydrogen (secondary N) is 2. The number of fused-ring (bicyclic) bond motifs is 1. The van der Waals surface area contributed by atoms with Crippen LogP contribution in [0.2, 0.25) is 0 Å². The molecule has 0 amide bonds. The Morgan fingerprint density at radius 3 is 2.75 bits per heavy atom. The van der Waals surface area contributed by atoms with Crippen LogP contribution in [0.1, 0.15) is 28.0 Å². The molecule has 20 heavy (non-hydrogen) atoms. The largest absolute Gasteiger partial charge is 0.487 e. The average Bonchev–Trinajstić information content (AvgIpc) is 2.83. The van der Waals surface area contributed by atoms with E-state index in [1.807, 2.05) is 0 Å². The Morgan fingerprint density at radius 2 is 1.95 bits per heavy atom. The molecule has 1 heterocycles. The molecule has 1 aromatic heterocycles. The van der Waals surface area contributed by atoms with Gasteiger partial charge in [-0.05, 0) is 12.5 Å². The number of aromatic amines is 2. The van der Waals surface area contributed by atoms with Crippen LogP contribution in [0.25, 0.3) is 0 Å². The van der Waals surface area contributed by atoms with Gasteiger partial charge >= 0.3 is 5.56 Å². The number of ether oxygens (including phenoxy) is 1. The second-order valence-corrected chi connectivity index (χ2v) is 4.61. The van der Waals surface area contributed by atoms with Gasteiger partial charge in [0.25, 0.3) is 0 Å². The van der Waals surface area contributed by atoms with E-state index < -0.39 is 11.0 Å². The summed E-state index contributed by atoms with van der Waals surface area (Å²) in [5.41, 5.74) is 0.772. The Balaban J connectivity index is 1.83. The van der Waals surface area contributed by atoms with E-state index in [1.165, 1.54) is 6.07 Å². The maximum absolute atomic E-state index is 11.6. The predicted molar refractivity (Wildman–Crippen MR) is 71.1 cm³/mol. The van der Waals surface area contributed by atoms with Crippen molar-refractivity contribution >= 4 is 5.78 Å². The second-order valence-electron chi connectivity index (χ2n) is 4.61. The van der Waals surface area contributed by atoms with Gasteiger partial charge in [-0.15, -0.1) is 0 Å². The lowest BCUT2D eigenvalue weighted by atomic mass is 10.1. The molecule has 1 aliphatic rings. The zero-order valence-electron chi connectivity index (χ0n) is 10.6. The van der Waals surface area contributed by atoms with Crippen LogP contribution in [-0.2, 0) is 13.0 Å². The topological polar surface area (TPSA) is 92.0 Å². The number of carbonyl (C=O) groups excluding carboxylic acids is 1. The molecular formula is C14H12N2O4. The number of ketones is 1. The highest BCUT2D eigenvalue weighted by molar-refractivity contribution is 6.01. The minimum absolute atomic E-state index is 0.122. The highest BCUT2D eigenvalue weighted by atomic mass is 16.5. The molecule has 0 bridgehead atoms. The van der Waals surface area contributed by atoms with Crippen molar-refractivity contribution in [3.8, 4) is 5.75 Å². The van der Waals surface area contributed by atoms with E-state index in [1.54, 1.807) is 18.2 Å². The highest BCUT2D eigenvalue weighted by Gasteiger charge is 2.22. The highest BCUT2D eigenvalue weighted by Crippen LogP contribution is 2.30. The molecule has 3 rings (SSSR count). The molecule has 2 aromatic rings. The standard InChI is InChI=1S/C14H12N2O4/c17-11-5-4-10-9(11)2-1-3-13(10)20-7-8-6-12(18)14(19)16-15-8/h1-3,6H,4-5,7H2,(H,15,18)(H,16,19). The van der Waals surface area contributed by atoms with Gasteiger partial charge in [0.15, 0.2) is 5.78 Å². The van der Waals surface area contributed by atoms with E-state index >= 15 is 0 Å². The van der Waals surface area contributed by atoms with E-state index in [9.17, 15) is 14.4 Å². The third-order valence-corrected chi connectivity index (χ3v) is 3.28. The molecule has 0 aliphatic heterocycles.